The largest absolute Gasteiger partial charge is 0.476 e. The van der Waals surface area contributed by atoms with Crippen LogP contribution in [0.4, 0.5) is 11.5 Å². The molecule has 0 saturated heterocycles. The maximum atomic E-state index is 10.9. The van der Waals surface area contributed by atoms with Crippen LogP contribution in [0.5, 0.6) is 0 Å². The van der Waals surface area contributed by atoms with Gasteiger partial charge in [0.25, 0.3) is 0 Å². The fourth-order valence-corrected chi connectivity index (χ4v) is 1.81. The van der Waals surface area contributed by atoms with Gasteiger partial charge in [0.1, 0.15) is 0 Å². The number of aromatic amines is 1. The van der Waals surface area contributed by atoms with Gasteiger partial charge in [-0.25, -0.2) is 14.3 Å². The Morgan fingerprint density at radius 3 is 2.95 bits per heavy atom. The van der Waals surface area contributed by atoms with Gasteiger partial charge in [-0.2, -0.15) is 0 Å². The molecule has 3 aromatic rings. The number of carboxylic acids is 1. The summed E-state index contributed by atoms with van der Waals surface area (Å²) in [7, 11) is 1.88. The second-order valence-electron chi connectivity index (χ2n) is 4.05. The minimum absolute atomic E-state index is 0.0195. The summed E-state index contributed by atoms with van der Waals surface area (Å²) in [6.45, 7) is 0. The third-order valence-corrected chi connectivity index (χ3v) is 2.84. The number of hydrogen-bond acceptors (Lipinski definition) is 4. The highest BCUT2D eigenvalue weighted by Gasteiger charge is 2.11. The van der Waals surface area contributed by atoms with E-state index in [4.69, 9.17) is 5.11 Å². The van der Waals surface area contributed by atoms with Crippen LogP contribution in [-0.2, 0) is 0 Å². The quantitative estimate of drug-likeness (QED) is 0.743. The lowest BCUT2D eigenvalue weighted by atomic mass is 10.4. The summed E-state index contributed by atoms with van der Waals surface area (Å²) in [6.07, 6.45) is 5.07. The van der Waals surface area contributed by atoms with Crippen LogP contribution in [0.3, 0.4) is 0 Å². The number of rotatable bonds is 3. The summed E-state index contributed by atoms with van der Waals surface area (Å²) >= 11 is 0. The third kappa shape index (κ3) is 1.90. The second-order valence-corrected chi connectivity index (χ2v) is 4.05. The lowest BCUT2D eigenvalue weighted by Gasteiger charge is -2.15. The monoisotopic (exact) mass is 257 g/mol. The number of hydrogen-bond donors (Lipinski definition) is 2. The van der Waals surface area contributed by atoms with Crippen LogP contribution >= 0.6 is 0 Å². The van der Waals surface area contributed by atoms with Crippen LogP contribution in [0.2, 0.25) is 0 Å². The highest BCUT2D eigenvalue weighted by atomic mass is 16.4. The molecule has 2 N–H and O–H groups in total. The van der Waals surface area contributed by atoms with Crippen molar-refractivity contribution in [2.24, 2.45) is 0 Å². The second kappa shape index (κ2) is 4.13. The number of carbonyl (C=O) groups is 1. The first-order valence-electron chi connectivity index (χ1n) is 5.61. The third-order valence-electron chi connectivity index (χ3n) is 2.84. The average Bonchev–Trinajstić information content (AvgIpc) is 3.06. The van der Waals surface area contributed by atoms with Gasteiger partial charge in [-0.15, -0.1) is 5.10 Å². The number of aromatic carboxylic acids is 1. The molecule has 0 aliphatic carbocycles. The van der Waals surface area contributed by atoms with Crippen molar-refractivity contribution in [3.05, 3.63) is 42.5 Å². The van der Waals surface area contributed by atoms with Crippen LogP contribution in [0.25, 0.3) is 5.65 Å². The van der Waals surface area contributed by atoms with Crippen LogP contribution < -0.4 is 4.90 Å². The minimum atomic E-state index is -1.06. The minimum Gasteiger partial charge on any atom is -0.476 e. The van der Waals surface area contributed by atoms with Gasteiger partial charge in [-0.1, -0.05) is 0 Å². The zero-order chi connectivity index (χ0) is 13.4. The lowest BCUT2D eigenvalue weighted by Crippen LogP contribution is -2.11. The molecule has 0 unspecified atom stereocenters. The van der Waals surface area contributed by atoms with Crippen LogP contribution in [0.15, 0.2) is 36.8 Å². The summed E-state index contributed by atoms with van der Waals surface area (Å²) in [6, 6.07) is 5.45. The highest BCUT2D eigenvalue weighted by molar-refractivity contribution is 5.86. The van der Waals surface area contributed by atoms with E-state index in [1.165, 1.54) is 10.7 Å². The molecule has 0 bridgehead atoms. The summed E-state index contributed by atoms with van der Waals surface area (Å²) in [5.41, 5.74) is 1.45. The van der Waals surface area contributed by atoms with E-state index in [9.17, 15) is 4.79 Å². The molecule has 0 amide bonds. The zero-order valence-corrected chi connectivity index (χ0v) is 10.1. The van der Waals surface area contributed by atoms with Gasteiger partial charge in [0, 0.05) is 19.4 Å². The van der Waals surface area contributed by atoms with Gasteiger partial charge in [0.05, 0.1) is 11.9 Å². The van der Waals surface area contributed by atoms with Crippen molar-refractivity contribution in [2.45, 2.75) is 0 Å². The number of H-pyrrole nitrogens is 1. The van der Waals surface area contributed by atoms with Crippen molar-refractivity contribution in [1.82, 2.24) is 19.6 Å². The van der Waals surface area contributed by atoms with Crippen LogP contribution in [0, 0.1) is 0 Å². The van der Waals surface area contributed by atoms with E-state index in [0.29, 0.717) is 11.5 Å². The van der Waals surface area contributed by atoms with Gasteiger partial charge in [-0.05, 0) is 18.2 Å². The number of imidazole rings is 1. The van der Waals surface area contributed by atoms with E-state index in [-0.39, 0.29) is 5.69 Å². The van der Waals surface area contributed by atoms with Crippen molar-refractivity contribution in [3.8, 4) is 0 Å². The molecule has 7 heteroatoms. The Morgan fingerprint density at radius 1 is 1.42 bits per heavy atom. The molecule has 19 heavy (non-hydrogen) atoms. The van der Waals surface area contributed by atoms with Gasteiger partial charge >= 0.3 is 5.97 Å². The molecule has 0 spiro atoms. The van der Waals surface area contributed by atoms with Crippen molar-refractivity contribution < 1.29 is 9.90 Å². The predicted molar refractivity (Wildman–Crippen MR) is 68.8 cm³/mol. The van der Waals surface area contributed by atoms with Crippen LogP contribution in [-0.4, -0.2) is 37.7 Å². The summed E-state index contributed by atoms with van der Waals surface area (Å²) in [4.78, 5) is 19.7. The molecule has 0 saturated carbocycles. The number of anilines is 2. The Hall–Kier alpha value is -2.83. The Bertz CT molecular complexity index is 732. The summed E-state index contributed by atoms with van der Waals surface area (Å²) < 4.78 is 1.46. The number of nitrogens with one attached hydrogen (secondary N) is 1. The first kappa shape index (κ1) is 11.3. The average molecular weight is 257 g/mol. The highest BCUT2D eigenvalue weighted by Crippen LogP contribution is 2.20. The Labute approximate surface area is 108 Å². The summed E-state index contributed by atoms with van der Waals surface area (Å²) in [5.74, 6) is -0.368. The van der Waals surface area contributed by atoms with Crippen molar-refractivity contribution in [1.29, 1.82) is 0 Å². The van der Waals surface area contributed by atoms with E-state index in [1.54, 1.807) is 12.1 Å². The van der Waals surface area contributed by atoms with E-state index in [2.05, 4.69) is 15.1 Å². The Balaban J connectivity index is 2.04. The molecule has 96 valence electrons. The van der Waals surface area contributed by atoms with E-state index in [1.807, 2.05) is 30.4 Å². The standard InChI is InChI=1S/C12H11N5O2/c1-16(8-4-5-13-6-8)11-3-2-10-14-9(12(18)19)7-17(10)15-11/h2-7,13H,1H3,(H,18,19). The number of carboxylic acid groups (broad SMARTS) is 1. The van der Waals surface area contributed by atoms with Crippen LogP contribution in [0.1, 0.15) is 10.5 Å². The molecule has 3 heterocycles. The van der Waals surface area contributed by atoms with Crippen molar-refractivity contribution in [2.75, 3.05) is 11.9 Å². The first-order valence-corrected chi connectivity index (χ1v) is 5.61. The molecule has 0 aromatic carbocycles. The first-order chi connectivity index (χ1) is 9.15. The Morgan fingerprint density at radius 2 is 2.26 bits per heavy atom. The van der Waals surface area contributed by atoms with Gasteiger partial charge < -0.3 is 15.0 Å². The van der Waals surface area contributed by atoms with Gasteiger partial charge in [0.2, 0.25) is 0 Å². The predicted octanol–water partition coefficient (Wildman–Crippen LogP) is 1.52. The van der Waals surface area contributed by atoms with E-state index >= 15 is 0 Å². The molecule has 0 aliphatic rings. The fourth-order valence-electron chi connectivity index (χ4n) is 1.81. The topological polar surface area (TPSA) is 86.5 Å². The number of nitrogens with zero attached hydrogens (tertiary/aromatic N) is 4. The molecule has 3 rings (SSSR count). The molecule has 7 nitrogen and oxygen atoms in total. The maximum Gasteiger partial charge on any atom is 0.356 e. The number of fused-ring (bicyclic) bond motifs is 1. The maximum absolute atomic E-state index is 10.9. The zero-order valence-electron chi connectivity index (χ0n) is 10.1. The smallest absolute Gasteiger partial charge is 0.356 e. The van der Waals surface area contributed by atoms with Gasteiger partial charge in [-0.3, -0.25) is 0 Å². The van der Waals surface area contributed by atoms with E-state index < -0.39 is 5.97 Å². The van der Waals surface area contributed by atoms with Gasteiger partial charge in [0.15, 0.2) is 17.2 Å². The van der Waals surface area contributed by atoms with Crippen molar-refractivity contribution in [3.63, 3.8) is 0 Å². The lowest BCUT2D eigenvalue weighted by molar-refractivity contribution is 0.0691. The molecule has 0 aliphatic heterocycles. The van der Waals surface area contributed by atoms with Crippen molar-refractivity contribution >= 4 is 23.1 Å². The molecular formula is C12H11N5O2. The normalized spacial score (nSPS) is 10.8. The molecule has 0 radical (unpaired) electrons. The summed E-state index contributed by atoms with van der Waals surface area (Å²) in [5, 5.41) is 13.2. The number of aromatic nitrogens is 4. The molecule has 3 aromatic heterocycles. The fraction of sp³-hybridized carbons (Fsp3) is 0.0833. The van der Waals surface area contributed by atoms with E-state index in [0.717, 1.165) is 5.69 Å². The molecular weight excluding hydrogens is 246 g/mol. The SMILES string of the molecule is CN(c1cc[nH]c1)c1ccc2nc(C(=O)O)cn2n1. The molecule has 0 atom stereocenters. The molecule has 0 fully saturated rings. The Kier molecular flexibility index (Phi) is 2.45.